The van der Waals surface area contributed by atoms with Gasteiger partial charge in [0.2, 0.25) is 0 Å². The third-order valence-corrected chi connectivity index (χ3v) is 16.1. The fourth-order valence-corrected chi connectivity index (χ4v) is 14.4. The van der Waals surface area contributed by atoms with Crippen molar-refractivity contribution in [2.75, 3.05) is 39.6 Å². The monoisotopic (exact) mass is 862 g/mol. The topological polar surface area (TPSA) is 207 Å². The van der Waals surface area contributed by atoms with Crippen LogP contribution in [-0.4, -0.2) is 113 Å². The molecule has 17 heteroatoms. The Morgan fingerprint density at radius 3 is 1.05 bits per heavy atom. The van der Waals surface area contributed by atoms with Gasteiger partial charge in [-0.2, -0.15) is 0 Å². The largest absolute Gasteiger partial charge is 0.490 e. The molecule has 0 atom stereocenters. The number of carbonyl (C=O) groups is 6. The molecule has 0 radical (unpaired) electrons. The maximum absolute atomic E-state index is 12.2. The van der Waals surface area contributed by atoms with E-state index in [1.54, 1.807) is 48.5 Å². The number of rotatable bonds is 28. The molecule has 0 spiro atoms. The van der Waals surface area contributed by atoms with E-state index in [1.165, 1.54) is 27.7 Å². The molecule has 0 saturated heterocycles. The molecule has 0 unspecified atom stereocenters. The first-order valence-corrected chi connectivity index (χ1v) is 26.0. The SMILES string of the molecule is CC(C)(O)C(=O)c1ccc(OCCOC(=O)CCC(=O)OCCC[Si](C)(C)O[Si](C)(C)CCCOC(=O)CCC(=O)OCCOc2ccc(C(=O)C(C)(C)O)cc2)cc1. The summed E-state index contributed by atoms with van der Waals surface area (Å²) >= 11 is 0. The summed E-state index contributed by atoms with van der Waals surface area (Å²) in [5.41, 5.74) is -2.25. The molecule has 15 nitrogen and oxygen atoms in total. The van der Waals surface area contributed by atoms with E-state index in [1.807, 2.05) is 0 Å². The molecule has 2 N–H and O–H groups in total. The molecule has 2 rings (SSSR count). The van der Waals surface area contributed by atoms with Gasteiger partial charge in [-0.05, 0) is 127 Å². The molecule has 0 fully saturated rings. The van der Waals surface area contributed by atoms with Crippen molar-refractivity contribution in [3.63, 3.8) is 0 Å². The molecule has 2 aromatic carbocycles. The Labute approximate surface area is 349 Å². The van der Waals surface area contributed by atoms with Crippen LogP contribution in [0.4, 0.5) is 0 Å². The standard InChI is InChI=1S/C42H62O15Si2/c1-41(2,49)39(47)31-11-15-33(16-12-31)51-25-27-55-37(45)21-19-35(43)53-23-9-29-58(5,6)57-59(7,8)30-10-24-54-36(44)20-22-38(46)56-28-26-52-34-17-13-32(14-18-34)40(48)42(3,4)50/h11-18,49-50H,9-10,19-30H2,1-8H3. The van der Waals surface area contributed by atoms with Crippen molar-refractivity contribution in [1.82, 2.24) is 0 Å². The molecule has 59 heavy (non-hydrogen) atoms. The van der Waals surface area contributed by atoms with E-state index in [-0.39, 0.29) is 65.3 Å². The van der Waals surface area contributed by atoms with Crippen LogP contribution in [0.2, 0.25) is 38.3 Å². The van der Waals surface area contributed by atoms with Gasteiger partial charge in [-0.3, -0.25) is 28.8 Å². The average molecular weight is 863 g/mol. The van der Waals surface area contributed by atoms with E-state index >= 15 is 0 Å². The summed E-state index contributed by atoms with van der Waals surface area (Å²) in [6, 6.07) is 14.1. The van der Waals surface area contributed by atoms with E-state index in [4.69, 9.17) is 32.5 Å². The van der Waals surface area contributed by atoms with Crippen LogP contribution in [-0.2, 0) is 42.2 Å². The van der Waals surface area contributed by atoms with Crippen LogP contribution in [0, 0.1) is 0 Å². The number of hydrogen-bond acceptors (Lipinski definition) is 15. The first-order valence-electron chi connectivity index (χ1n) is 19.8. The summed E-state index contributed by atoms with van der Waals surface area (Å²) in [7, 11) is -4.18. The Morgan fingerprint density at radius 2 is 0.763 bits per heavy atom. The second-order valence-electron chi connectivity index (χ2n) is 16.2. The Morgan fingerprint density at radius 1 is 0.475 bits per heavy atom. The number of carbonyl (C=O) groups excluding carboxylic acids is 6. The normalized spacial score (nSPS) is 12.0. The zero-order chi connectivity index (χ0) is 44.3. The van der Waals surface area contributed by atoms with Gasteiger partial charge in [0.15, 0.2) is 28.2 Å². The third-order valence-electron chi connectivity index (χ3n) is 8.57. The molecule has 0 saturated carbocycles. The summed E-state index contributed by atoms with van der Waals surface area (Å²) in [5, 5.41) is 19.7. The van der Waals surface area contributed by atoms with Crippen molar-refractivity contribution in [2.45, 2.75) is 116 Å². The summed E-state index contributed by atoms with van der Waals surface area (Å²) in [6.45, 7) is 14.7. The fraction of sp³-hybridized carbons (Fsp3) is 0.571. The minimum atomic E-state index is -2.09. The van der Waals surface area contributed by atoms with Crippen molar-refractivity contribution >= 4 is 52.1 Å². The molecule has 0 amide bonds. The lowest BCUT2D eigenvalue weighted by Crippen LogP contribution is -2.44. The van der Waals surface area contributed by atoms with Crippen molar-refractivity contribution in [1.29, 1.82) is 0 Å². The lowest BCUT2D eigenvalue weighted by Gasteiger charge is -2.34. The molecule has 0 aliphatic rings. The number of hydrogen-bond donors (Lipinski definition) is 2. The highest BCUT2D eigenvalue weighted by molar-refractivity contribution is 6.84. The molecule has 328 valence electrons. The van der Waals surface area contributed by atoms with Gasteiger partial charge in [0.05, 0.1) is 38.9 Å². The number of Topliss-reactive ketones (excluding diaryl/α,β-unsaturated/α-hetero) is 2. The lowest BCUT2D eigenvalue weighted by molar-refractivity contribution is -0.150. The first kappa shape index (κ1) is 50.7. The van der Waals surface area contributed by atoms with Gasteiger partial charge in [0.25, 0.3) is 0 Å². The van der Waals surface area contributed by atoms with Gasteiger partial charge in [-0.25, -0.2) is 0 Å². The lowest BCUT2D eigenvalue weighted by atomic mass is 9.97. The molecular formula is C42H62O15Si2. The number of aliphatic hydroxyl groups is 2. The predicted molar refractivity (Wildman–Crippen MR) is 222 cm³/mol. The molecule has 2 aromatic rings. The molecule has 0 heterocycles. The smallest absolute Gasteiger partial charge is 0.306 e. The minimum absolute atomic E-state index is 0.0166. The van der Waals surface area contributed by atoms with Crippen LogP contribution < -0.4 is 9.47 Å². The molecule has 0 bridgehead atoms. The van der Waals surface area contributed by atoms with Crippen LogP contribution in [0.3, 0.4) is 0 Å². The quantitative estimate of drug-likeness (QED) is 0.0331. The maximum atomic E-state index is 12.2. The maximum Gasteiger partial charge on any atom is 0.306 e. The van der Waals surface area contributed by atoms with E-state index < -0.39 is 63.3 Å². The van der Waals surface area contributed by atoms with Crippen molar-refractivity contribution < 1.29 is 71.5 Å². The van der Waals surface area contributed by atoms with Gasteiger partial charge >= 0.3 is 23.9 Å². The van der Waals surface area contributed by atoms with Crippen molar-refractivity contribution in [3.8, 4) is 11.5 Å². The Kier molecular flexibility index (Phi) is 20.6. The number of benzene rings is 2. The number of ketones is 2. The second kappa shape index (κ2) is 24.0. The summed E-state index contributed by atoms with van der Waals surface area (Å²) in [4.78, 5) is 72.7. The molecule has 0 aromatic heterocycles. The third kappa shape index (κ3) is 21.4. The van der Waals surface area contributed by atoms with Gasteiger partial charge < -0.3 is 42.7 Å². The van der Waals surface area contributed by atoms with Crippen LogP contribution in [0.15, 0.2) is 48.5 Å². The van der Waals surface area contributed by atoms with Gasteiger partial charge in [-0.1, -0.05) is 0 Å². The average Bonchev–Trinajstić information content (AvgIpc) is 3.15. The highest BCUT2D eigenvalue weighted by Gasteiger charge is 2.32. The molecule has 0 aliphatic heterocycles. The van der Waals surface area contributed by atoms with E-state index in [9.17, 15) is 39.0 Å². The fourth-order valence-electron chi connectivity index (χ4n) is 5.66. The summed E-state index contributed by atoms with van der Waals surface area (Å²) in [5.74, 6) is -1.96. The van der Waals surface area contributed by atoms with Crippen molar-refractivity contribution in [2.24, 2.45) is 0 Å². The van der Waals surface area contributed by atoms with Crippen LogP contribution in [0.5, 0.6) is 11.5 Å². The highest BCUT2D eigenvalue weighted by Crippen LogP contribution is 2.24. The number of ether oxygens (including phenoxy) is 6. The Bertz CT molecular complexity index is 1550. The number of esters is 4. The van der Waals surface area contributed by atoms with Crippen LogP contribution in [0.25, 0.3) is 0 Å². The van der Waals surface area contributed by atoms with E-state index in [2.05, 4.69) is 26.2 Å². The minimum Gasteiger partial charge on any atom is -0.490 e. The van der Waals surface area contributed by atoms with Gasteiger partial charge in [0.1, 0.15) is 49.1 Å². The summed E-state index contributed by atoms with van der Waals surface area (Å²) in [6.07, 6.45) is 0.797. The first-order chi connectivity index (χ1) is 27.5. The van der Waals surface area contributed by atoms with Crippen LogP contribution >= 0.6 is 0 Å². The van der Waals surface area contributed by atoms with Crippen molar-refractivity contribution in [3.05, 3.63) is 59.7 Å². The summed E-state index contributed by atoms with van der Waals surface area (Å²) < 4.78 is 38.5. The van der Waals surface area contributed by atoms with Gasteiger partial charge in [-0.15, -0.1) is 0 Å². The van der Waals surface area contributed by atoms with E-state index in [0.717, 1.165) is 12.1 Å². The predicted octanol–water partition coefficient (Wildman–Crippen LogP) is 5.99. The zero-order valence-electron chi connectivity index (χ0n) is 35.7. The molecule has 0 aliphatic carbocycles. The zero-order valence-corrected chi connectivity index (χ0v) is 37.7. The molecular weight excluding hydrogens is 801 g/mol. The Balaban J connectivity index is 1.51. The Hall–Kier alpha value is -4.43. The van der Waals surface area contributed by atoms with Crippen LogP contribution in [0.1, 0.15) is 86.9 Å². The second-order valence-corrected chi connectivity index (χ2v) is 25.1. The highest BCUT2D eigenvalue weighted by atomic mass is 28.4. The van der Waals surface area contributed by atoms with Gasteiger partial charge in [0, 0.05) is 11.1 Å². The van der Waals surface area contributed by atoms with E-state index in [0.29, 0.717) is 35.5 Å².